The Labute approximate surface area is 206 Å². The van der Waals surface area contributed by atoms with Gasteiger partial charge in [0.05, 0.1) is 24.3 Å². The molecule has 2 amide bonds. The highest BCUT2D eigenvalue weighted by Gasteiger charge is 2.23. The highest BCUT2D eigenvalue weighted by atomic mass is 35.5. The molecule has 3 rings (SSSR count). The second-order valence-corrected chi connectivity index (χ2v) is 10.4. The Kier molecular flexibility index (Phi) is 8.15. The van der Waals surface area contributed by atoms with Gasteiger partial charge in [0.1, 0.15) is 5.82 Å². The quantitative estimate of drug-likeness (QED) is 0.463. The predicted molar refractivity (Wildman–Crippen MR) is 137 cm³/mol. The van der Waals surface area contributed by atoms with Gasteiger partial charge in [0, 0.05) is 23.0 Å². The van der Waals surface area contributed by atoms with E-state index in [2.05, 4.69) is 26.1 Å². The van der Waals surface area contributed by atoms with E-state index >= 15 is 0 Å². The van der Waals surface area contributed by atoms with E-state index in [-0.39, 0.29) is 36.1 Å². The molecule has 0 aliphatic heterocycles. The first-order valence-corrected chi connectivity index (χ1v) is 11.9. The van der Waals surface area contributed by atoms with E-state index in [9.17, 15) is 9.59 Å². The van der Waals surface area contributed by atoms with Gasteiger partial charge in [-0.3, -0.25) is 9.59 Å². The Bertz CT molecular complexity index is 1120. The SMILES string of the molecule is CC(C)CN(CC(=O)Nc1cc(C(C)(C)C)nn1-c1ccc(Cl)cc1)C(=O)Cc1ccccc1. The van der Waals surface area contributed by atoms with Crippen molar-refractivity contribution in [1.29, 1.82) is 0 Å². The van der Waals surface area contributed by atoms with Crippen LogP contribution in [0.1, 0.15) is 45.9 Å². The van der Waals surface area contributed by atoms with Crippen LogP contribution in [-0.2, 0) is 21.4 Å². The number of amides is 2. The first-order valence-electron chi connectivity index (χ1n) is 11.5. The van der Waals surface area contributed by atoms with Crippen LogP contribution in [-0.4, -0.2) is 39.6 Å². The molecule has 0 aliphatic carbocycles. The number of aromatic nitrogens is 2. The zero-order valence-corrected chi connectivity index (χ0v) is 21.3. The summed E-state index contributed by atoms with van der Waals surface area (Å²) in [5.41, 5.74) is 2.36. The van der Waals surface area contributed by atoms with E-state index in [1.165, 1.54) is 0 Å². The standard InChI is InChI=1S/C27H33ClN4O2/c1-19(2)17-31(26(34)15-20-9-7-6-8-10-20)18-25(33)29-24-16-23(27(3,4)5)30-32(24)22-13-11-21(28)12-14-22/h6-14,16,19H,15,17-18H2,1-5H3,(H,29,33). The summed E-state index contributed by atoms with van der Waals surface area (Å²) in [5.74, 6) is 0.450. The van der Waals surface area contributed by atoms with Crippen molar-refractivity contribution < 1.29 is 9.59 Å². The largest absolute Gasteiger partial charge is 0.333 e. The molecule has 0 saturated heterocycles. The zero-order valence-electron chi connectivity index (χ0n) is 20.5. The molecule has 34 heavy (non-hydrogen) atoms. The third kappa shape index (κ3) is 6.94. The van der Waals surface area contributed by atoms with Crippen LogP contribution in [0.4, 0.5) is 5.82 Å². The maximum Gasteiger partial charge on any atom is 0.245 e. The summed E-state index contributed by atoms with van der Waals surface area (Å²) in [4.78, 5) is 27.7. The number of hydrogen-bond donors (Lipinski definition) is 1. The van der Waals surface area contributed by atoms with Crippen LogP contribution in [0.15, 0.2) is 60.7 Å². The fourth-order valence-corrected chi connectivity index (χ4v) is 3.68. The van der Waals surface area contributed by atoms with Crippen LogP contribution < -0.4 is 5.32 Å². The lowest BCUT2D eigenvalue weighted by molar-refractivity contribution is -0.134. The highest BCUT2D eigenvalue weighted by Crippen LogP contribution is 2.27. The van der Waals surface area contributed by atoms with E-state index in [1.807, 2.05) is 62.4 Å². The molecular formula is C27H33ClN4O2. The molecule has 0 fully saturated rings. The van der Waals surface area contributed by atoms with Crippen molar-refractivity contribution in [2.45, 2.75) is 46.5 Å². The summed E-state index contributed by atoms with van der Waals surface area (Å²) in [6.45, 7) is 10.8. The minimum absolute atomic E-state index is 0.0273. The Morgan fingerprint density at radius 3 is 2.29 bits per heavy atom. The van der Waals surface area contributed by atoms with Gasteiger partial charge >= 0.3 is 0 Å². The zero-order chi connectivity index (χ0) is 24.9. The molecule has 6 nitrogen and oxygen atoms in total. The summed E-state index contributed by atoms with van der Waals surface area (Å²) in [5, 5.41) is 8.33. The first kappa shape index (κ1) is 25.5. The van der Waals surface area contributed by atoms with E-state index in [0.29, 0.717) is 17.4 Å². The monoisotopic (exact) mass is 480 g/mol. The minimum Gasteiger partial charge on any atom is -0.333 e. The molecule has 0 bridgehead atoms. The van der Waals surface area contributed by atoms with Crippen molar-refractivity contribution in [3.63, 3.8) is 0 Å². The average molecular weight is 481 g/mol. The molecule has 1 aromatic heterocycles. The number of hydrogen-bond acceptors (Lipinski definition) is 3. The average Bonchev–Trinajstić information content (AvgIpc) is 3.18. The Morgan fingerprint density at radius 1 is 1.06 bits per heavy atom. The van der Waals surface area contributed by atoms with E-state index in [1.54, 1.807) is 21.7 Å². The molecule has 1 N–H and O–H groups in total. The minimum atomic E-state index is -0.266. The second-order valence-electron chi connectivity index (χ2n) is 9.93. The molecule has 0 unspecified atom stereocenters. The first-order chi connectivity index (χ1) is 16.0. The number of benzene rings is 2. The predicted octanol–water partition coefficient (Wildman–Crippen LogP) is 5.49. The molecule has 3 aromatic rings. The second kappa shape index (κ2) is 10.9. The third-order valence-corrected chi connectivity index (χ3v) is 5.54. The number of carbonyl (C=O) groups excluding carboxylic acids is 2. The number of halogens is 1. The lowest BCUT2D eigenvalue weighted by Gasteiger charge is -2.24. The fraction of sp³-hybridized carbons (Fsp3) is 0.370. The molecular weight excluding hydrogens is 448 g/mol. The van der Waals surface area contributed by atoms with Crippen molar-refractivity contribution in [3.05, 3.63) is 76.9 Å². The lowest BCUT2D eigenvalue weighted by Crippen LogP contribution is -2.41. The van der Waals surface area contributed by atoms with Gasteiger partial charge in [0.2, 0.25) is 11.8 Å². The van der Waals surface area contributed by atoms with Crippen LogP contribution in [0.2, 0.25) is 5.02 Å². The molecule has 7 heteroatoms. The summed E-state index contributed by atoms with van der Waals surface area (Å²) in [6.07, 6.45) is 0.262. The molecule has 0 saturated carbocycles. The van der Waals surface area contributed by atoms with Crippen molar-refractivity contribution in [3.8, 4) is 5.69 Å². The van der Waals surface area contributed by atoms with Gasteiger partial charge in [-0.15, -0.1) is 0 Å². The van der Waals surface area contributed by atoms with Crippen LogP contribution in [0.25, 0.3) is 5.69 Å². The highest BCUT2D eigenvalue weighted by molar-refractivity contribution is 6.30. The maximum absolute atomic E-state index is 13.1. The summed E-state index contributed by atoms with van der Waals surface area (Å²) in [7, 11) is 0. The van der Waals surface area contributed by atoms with E-state index < -0.39 is 0 Å². The normalized spacial score (nSPS) is 11.5. The van der Waals surface area contributed by atoms with Gasteiger partial charge < -0.3 is 10.2 Å². The number of carbonyl (C=O) groups is 2. The van der Waals surface area contributed by atoms with Crippen molar-refractivity contribution in [2.24, 2.45) is 5.92 Å². The van der Waals surface area contributed by atoms with Gasteiger partial charge in [-0.1, -0.05) is 76.6 Å². The number of nitrogens with one attached hydrogen (secondary N) is 1. The smallest absolute Gasteiger partial charge is 0.245 e. The molecule has 0 atom stereocenters. The molecule has 1 heterocycles. The molecule has 0 spiro atoms. The Morgan fingerprint density at radius 2 is 1.71 bits per heavy atom. The number of anilines is 1. The van der Waals surface area contributed by atoms with Gasteiger partial charge in [0.15, 0.2) is 0 Å². The molecule has 0 aliphatic rings. The molecule has 0 radical (unpaired) electrons. The van der Waals surface area contributed by atoms with Gasteiger partial charge in [-0.2, -0.15) is 5.10 Å². The van der Waals surface area contributed by atoms with Gasteiger partial charge in [0.25, 0.3) is 0 Å². The summed E-state index contributed by atoms with van der Waals surface area (Å²) < 4.78 is 1.70. The Balaban J connectivity index is 1.81. The van der Waals surface area contributed by atoms with Crippen LogP contribution in [0.5, 0.6) is 0 Å². The van der Waals surface area contributed by atoms with Crippen molar-refractivity contribution in [1.82, 2.24) is 14.7 Å². The Hall–Kier alpha value is -3.12. The van der Waals surface area contributed by atoms with Crippen LogP contribution in [0.3, 0.4) is 0 Å². The number of rotatable bonds is 8. The summed E-state index contributed by atoms with van der Waals surface area (Å²) >= 11 is 6.05. The molecule has 2 aromatic carbocycles. The van der Waals surface area contributed by atoms with E-state index in [4.69, 9.17) is 16.7 Å². The number of nitrogens with zero attached hydrogens (tertiary/aromatic N) is 3. The van der Waals surface area contributed by atoms with Gasteiger partial charge in [-0.05, 0) is 35.7 Å². The topological polar surface area (TPSA) is 67.2 Å². The van der Waals surface area contributed by atoms with Crippen LogP contribution in [0, 0.1) is 5.92 Å². The maximum atomic E-state index is 13.1. The third-order valence-electron chi connectivity index (χ3n) is 5.29. The fourth-order valence-electron chi connectivity index (χ4n) is 3.55. The van der Waals surface area contributed by atoms with Gasteiger partial charge in [-0.25, -0.2) is 4.68 Å². The van der Waals surface area contributed by atoms with E-state index in [0.717, 1.165) is 16.9 Å². The van der Waals surface area contributed by atoms with Crippen molar-refractivity contribution >= 4 is 29.2 Å². The lowest BCUT2D eigenvalue weighted by atomic mass is 9.92. The molecule has 180 valence electrons. The summed E-state index contributed by atoms with van der Waals surface area (Å²) in [6, 6.07) is 18.7. The van der Waals surface area contributed by atoms with Crippen molar-refractivity contribution in [2.75, 3.05) is 18.4 Å². The van der Waals surface area contributed by atoms with Crippen LogP contribution >= 0.6 is 11.6 Å².